The molecule has 30 heavy (non-hydrogen) atoms. The number of ketones is 1. The Morgan fingerprint density at radius 2 is 1.87 bits per heavy atom. The number of allylic oxidation sites excluding steroid dienone is 1. The number of carbonyl (C=O) groups is 2. The number of aromatic nitrogens is 1. The number of hydrogen-bond acceptors (Lipinski definition) is 5. The van der Waals surface area contributed by atoms with Crippen LogP contribution < -0.4 is 5.32 Å². The van der Waals surface area contributed by atoms with Gasteiger partial charge in [-0.2, -0.15) is 0 Å². The van der Waals surface area contributed by atoms with Gasteiger partial charge in [0.25, 0.3) is 5.91 Å². The Kier molecular flexibility index (Phi) is 5.86. The molecule has 1 aliphatic carbocycles. The highest BCUT2D eigenvalue weighted by Gasteiger charge is 2.44. The van der Waals surface area contributed by atoms with Crippen LogP contribution in [0.15, 0.2) is 69.8 Å². The number of fused-ring (bicyclic) bond motifs is 1. The van der Waals surface area contributed by atoms with Crippen molar-refractivity contribution >= 4 is 35.0 Å². The van der Waals surface area contributed by atoms with Gasteiger partial charge in [-0.3, -0.25) is 14.6 Å². The van der Waals surface area contributed by atoms with Gasteiger partial charge in [0, 0.05) is 40.4 Å². The molecule has 1 aromatic heterocycles. The number of aliphatic imine (C=N–C) groups is 1. The monoisotopic (exact) mass is 419 g/mol. The minimum absolute atomic E-state index is 0.169. The molecule has 154 valence electrons. The zero-order valence-electron chi connectivity index (χ0n) is 17.4. The Bertz CT molecular complexity index is 1030. The second-order valence-corrected chi connectivity index (χ2v) is 8.86. The molecule has 1 amide bonds. The lowest BCUT2D eigenvalue weighted by Crippen LogP contribution is -2.41. The van der Waals surface area contributed by atoms with Crippen LogP contribution in [-0.4, -0.2) is 28.6 Å². The van der Waals surface area contributed by atoms with E-state index in [2.05, 4.69) is 17.2 Å². The van der Waals surface area contributed by atoms with E-state index in [4.69, 9.17) is 4.99 Å². The van der Waals surface area contributed by atoms with Crippen LogP contribution in [0.4, 0.5) is 5.82 Å². The summed E-state index contributed by atoms with van der Waals surface area (Å²) >= 11 is 1.67. The van der Waals surface area contributed by atoms with Crippen molar-refractivity contribution in [2.45, 2.75) is 37.5 Å². The maximum absolute atomic E-state index is 13.3. The van der Waals surface area contributed by atoms with E-state index in [-0.39, 0.29) is 29.4 Å². The van der Waals surface area contributed by atoms with E-state index in [1.54, 1.807) is 30.1 Å². The summed E-state index contributed by atoms with van der Waals surface area (Å²) in [5.41, 5.74) is 3.10. The van der Waals surface area contributed by atoms with Gasteiger partial charge in [-0.1, -0.05) is 25.1 Å². The van der Waals surface area contributed by atoms with Crippen molar-refractivity contribution in [3.8, 4) is 0 Å². The molecule has 0 saturated heterocycles. The lowest BCUT2D eigenvalue weighted by molar-refractivity contribution is -0.123. The SMILES string of the molecule is CSc1ccc([C@@H]2C(C(=O)Nc3ccccn3)=C(C)N=C3C[C@H](C)CC(=O)C32)cc1. The van der Waals surface area contributed by atoms with Gasteiger partial charge in [-0.05, 0) is 55.3 Å². The summed E-state index contributed by atoms with van der Waals surface area (Å²) in [4.78, 5) is 36.6. The fraction of sp³-hybridized carbons (Fsp3) is 0.333. The number of anilines is 1. The molecule has 0 bridgehead atoms. The third kappa shape index (κ3) is 3.97. The van der Waals surface area contributed by atoms with Crippen LogP contribution in [0, 0.1) is 11.8 Å². The molecule has 5 nitrogen and oxygen atoms in total. The van der Waals surface area contributed by atoms with Crippen LogP contribution in [0.2, 0.25) is 0 Å². The summed E-state index contributed by atoms with van der Waals surface area (Å²) in [6.45, 7) is 3.95. The van der Waals surface area contributed by atoms with Gasteiger partial charge in [0.1, 0.15) is 11.6 Å². The lowest BCUT2D eigenvalue weighted by Gasteiger charge is -2.37. The molecule has 1 aliphatic heterocycles. The molecule has 1 unspecified atom stereocenters. The summed E-state index contributed by atoms with van der Waals surface area (Å²) < 4.78 is 0. The van der Waals surface area contributed by atoms with Gasteiger partial charge in [0.2, 0.25) is 0 Å². The van der Waals surface area contributed by atoms with Crippen molar-refractivity contribution in [2.24, 2.45) is 16.8 Å². The van der Waals surface area contributed by atoms with Crippen molar-refractivity contribution in [1.29, 1.82) is 0 Å². The topological polar surface area (TPSA) is 71.4 Å². The molecule has 1 fully saturated rings. The standard InChI is InChI=1S/C24H25N3O2S/c1-14-12-18-23(19(28)13-14)22(16-7-9-17(30-3)10-8-16)21(15(2)26-18)24(29)27-20-6-4-5-11-25-20/h4-11,14,22-23H,12-13H2,1-3H3,(H,25,27,29)/t14-,22+,23?/m0/s1. The fourth-order valence-corrected chi connectivity index (χ4v) is 4.88. The maximum Gasteiger partial charge on any atom is 0.255 e. The number of Topliss-reactive ketones (excluding diaryl/α,β-unsaturated/α-hetero) is 1. The molecule has 1 saturated carbocycles. The number of thioether (sulfide) groups is 1. The first-order valence-electron chi connectivity index (χ1n) is 10.1. The summed E-state index contributed by atoms with van der Waals surface area (Å²) in [6.07, 6.45) is 4.99. The quantitative estimate of drug-likeness (QED) is 0.718. The number of rotatable bonds is 4. The van der Waals surface area contributed by atoms with Gasteiger partial charge in [-0.15, -0.1) is 11.8 Å². The number of benzene rings is 1. The van der Waals surface area contributed by atoms with Gasteiger partial charge in [0.05, 0.1) is 5.92 Å². The highest BCUT2D eigenvalue weighted by atomic mass is 32.2. The van der Waals surface area contributed by atoms with Crippen molar-refractivity contribution in [2.75, 3.05) is 11.6 Å². The van der Waals surface area contributed by atoms with E-state index in [1.165, 1.54) is 0 Å². The van der Waals surface area contributed by atoms with Crippen LogP contribution >= 0.6 is 11.8 Å². The molecular weight excluding hydrogens is 394 g/mol. The van der Waals surface area contributed by atoms with Gasteiger partial charge >= 0.3 is 0 Å². The van der Waals surface area contributed by atoms with Crippen LogP contribution in [0.3, 0.4) is 0 Å². The number of nitrogens with zero attached hydrogens (tertiary/aromatic N) is 2. The van der Waals surface area contributed by atoms with Gasteiger partial charge < -0.3 is 5.32 Å². The largest absolute Gasteiger partial charge is 0.307 e. The predicted molar refractivity (Wildman–Crippen MR) is 121 cm³/mol. The first-order valence-corrected chi connectivity index (χ1v) is 11.4. The molecule has 2 aromatic rings. The maximum atomic E-state index is 13.3. The number of carbonyl (C=O) groups excluding carboxylic acids is 2. The number of nitrogens with one attached hydrogen (secondary N) is 1. The minimum atomic E-state index is -0.380. The predicted octanol–water partition coefficient (Wildman–Crippen LogP) is 4.87. The van der Waals surface area contributed by atoms with Crippen molar-refractivity contribution < 1.29 is 9.59 Å². The van der Waals surface area contributed by atoms with Crippen molar-refractivity contribution in [3.05, 3.63) is 65.5 Å². The van der Waals surface area contributed by atoms with Crippen molar-refractivity contribution in [3.63, 3.8) is 0 Å². The van der Waals surface area contributed by atoms with E-state index in [9.17, 15) is 9.59 Å². The molecule has 6 heteroatoms. The van der Waals surface area contributed by atoms with E-state index in [1.807, 2.05) is 43.5 Å². The fourth-order valence-electron chi connectivity index (χ4n) is 4.47. The molecule has 2 aliphatic rings. The Balaban J connectivity index is 1.79. The molecule has 0 spiro atoms. The zero-order chi connectivity index (χ0) is 21.3. The number of hydrogen-bond donors (Lipinski definition) is 1. The van der Waals surface area contributed by atoms with E-state index in [0.717, 1.165) is 22.6 Å². The Labute approximate surface area is 181 Å². The lowest BCUT2D eigenvalue weighted by atomic mass is 9.67. The summed E-state index contributed by atoms with van der Waals surface area (Å²) in [7, 11) is 0. The first-order chi connectivity index (χ1) is 14.5. The van der Waals surface area contributed by atoms with E-state index < -0.39 is 0 Å². The van der Waals surface area contributed by atoms with Crippen LogP contribution in [-0.2, 0) is 9.59 Å². The Morgan fingerprint density at radius 3 is 2.53 bits per heavy atom. The normalized spacial score (nSPS) is 23.6. The second-order valence-electron chi connectivity index (χ2n) is 7.98. The van der Waals surface area contributed by atoms with Crippen LogP contribution in [0.25, 0.3) is 0 Å². The molecular formula is C24H25N3O2S. The van der Waals surface area contributed by atoms with Gasteiger partial charge in [-0.25, -0.2) is 4.98 Å². The zero-order valence-corrected chi connectivity index (χ0v) is 18.2. The number of amides is 1. The molecule has 4 rings (SSSR count). The minimum Gasteiger partial charge on any atom is -0.307 e. The second kappa shape index (κ2) is 8.56. The van der Waals surface area contributed by atoms with Crippen molar-refractivity contribution in [1.82, 2.24) is 4.98 Å². The third-order valence-electron chi connectivity index (χ3n) is 5.78. The summed E-state index contributed by atoms with van der Waals surface area (Å²) in [6, 6.07) is 13.5. The molecule has 0 radical (unpaired) electrons. The molecule has 3 atom stereocenters. The molecule has 1 N–H and O–H groups in total. The Hall–Kier alpha value is -2.73. The smallest absolute Gasteiger partial charge is 0.255 e. The van der Waals surface area contributed by atoms with Gasteiger partial charge in [0.15, 0.2) is 0 Å². The third-order valence-corrected chi connectivity index (χ3v) is 6.53. The average Bonchev–Trinajstić information content (AvgIpc) is 2.73. The summed E-state index contributed by atoms with van der Waals surface area (Å²) in [5, 5.41) is 2.89. The number of pyridine rings is 1. The molecule has 2 heterocycles. The highest BCUT2D eigenvalue weighted by molar-refractivity contribution is 7.98. The van der Waals surface area contributed by atoms with Crippen LogP contribution in [0.5, 0.6) is 0 Å². The first kappa shape index (κ1) is 20.5. The summed E-state index contributed by atoms with van der Waals surface area (Å²) in [5.74, 6) is -0.0329. The highest BCUT2D eigenvalue weighted by Crippen LogP contribution is 2.44. The average molecular weight is 420 g/mol. The van der Waals surface area contributed by atoms with E-state index >= 15 is 0 Å². The van der Waals surface area contributed by atoms with Crippen LogP contribution in [0.1, 0.15) is 38.2 Å². The Morgan fingerprint density at radius 1 is 1.10 bits per heavy atom. The van der Waals surface area contributed by atoms with E-state index in [0.29, 0.717) is 23.5 Å². The molecule has 1 aromatic carbocycles.